The Morgan fingerprint density at radius 2 is 1.93 bits per heavy atom. The number of nitrogens with one attached hydrogen (secondary N) is 1. The Balaban J connectivity index is 1.90. The van der Waals surface area contributed by atoms with Gasteiger partial charge < -0.3 is 5.32 Å². The maximum Gasteiger partial charge on any atom is 0.323 e. The molecule has 2 amide bonds. The van der Waals surface area contributed by atoms with Crippen LogP contribution in [0, 0.1) is 12.7 Å². The van der Waals surface area contributed by atoms with Crippen LogP contribution in [0.2, 0.25) is 0 Å². The molecule has 1 aliphatic heterocycles. The molecule has 2 heterocycles. The number of rotatable bonds is 4. The van der Waals surface area contributed by atoms with E-state index in [0.29, 0.717) is 17.5 Å². The van der Waals surface area contributed by atoms with Gasteiger partial charge in [-0.25, -0.2) is 19.2 Å². The molecular formula is C22H21FN4OS. The van der Waals surface area contributed by atoms with Crippen molar-refractivity contribution in [3.05, 3.63) is 71.0 Å². The first-order valence-corrected chi connectivity index (χ1v) is 10.6. The molecule has 0 spiro atoms. The van der Waals surface area contributed by atoms with Gasteiger partial charge in [0, 0.05) is 11.1 Å². The number of fused-ring (bicyclic) bond motifs is 1. The summed E-state index contributed by atoms with van der Waals surface area (Å²) in [4.78, 5) is 23.9. The molecule has 7 heteroatoms. The van der Waals surface area contributed by atoms with Crippen LogP contribution in [0.1, 0.15) is 29.7 Å². The van der Waals surface area contributed by atoms with Crippen LogP contribution in [0.5, 0.6) is 0 Å². The van der Waals surface area contributed by atoms with E-state index < -0.39 is 0 Å². The highest BCUT2D eigenvalue weighted by Crippen LogP contribution is 2.37. The van der Waals surface area contributed by atoms with E-state index >= 15 is 0 Å². The summed E-state index contributed by atoms with van der Waals surface area (Å²) in [5, 5.41) is 3.52. The molecule has 4 rings (SSSR count). The Labute approximate surface area is 173 Å². The predicted molar refractivity (Wildman–Crippen MR) is 114 cm³/mol. The lowest BCUT2D eigenvalue weighted by Crippen LogP contribution is -2.46. The third kappa shape index (κ3) is 3.58. The fraction of sp³-hybridized carbons (Fsp3) is 0.227. The van der Waals surface area contributed by atoms with E-state index in [4.69, 9.17) is 4.98 Å². The van der Waals surface area contributed by atoms with Gasteiger partial charge in [0.2, 0.25) is 0 Å². The van der Waals surface area contributed by atoms with Gasteiger partial charge in [-0.1, -0.05) is 42.1 Å². The molecule has 0 bridgehead atoms. The van der Waals surface area contributed by atoms with E-state index in [1.165, 1.54) is 23.9 Å². The number of halogens is 1. The van der Waals surface area contributed by atoms with Crippen LogP contribution in [-0.2, 0) is 6.54 Å². The molecule has 0 fully saturated rings. The van der Waals surface area contributed by atoms with Gasteiger partial charge in [-0.2, -0.15) is 0 Å². The topological polar surface area (TPSA) is 58.1 Å². The fourth-order valence-corrected chi connectivity index (χ4v) is 3.97. The number of anilines is 1. The van der Waals surface area contributed by atoms with Gasteiger partial charge in [-0.05, 0) is 49.4 Å². The summed E-state index contributed by atoms with van der Waals surface area (Å²) in [5.41, 5.74) is 4.20. The summed E-state index contributed by atoms with van der Waals surface area (Å²) < 4.78 is 13.7. The van der Waals surface area contributed by atoms with Crippen LogP contribution in [0.3, 0.4) is 0 Å². The summed E-state index contributed by atoms with van der Waals surface area (Å²) in [6.45, 7) is 4.16. The summed E-state index contributed by atoms with van der Waals surface area (Å²) >= 11 is 1.42. The van der Waals surface area contributed by atoms with Crippen LogP contribution in [0.4, 0.5) is 15.0 Å². The van der Waals surface area contributed by atoms with Gasteiger partial charge in [0.05, 0.1) is 18.3 Å². The van der Waals surface area contributed by atoms with Crippen molar-refractivity contribution in [3.63, 3.8) is 0 Å². The highest BCUT2D eigenvalue weighted by molar-refractivity contribution is 7.98. The highest BCUT2D eigenvalue weighted by Gasteiger charge is 2.33. The van der Waals surface area contributed by atoms with E-state index in [0.717, 1.165) is 27.9 Å². The van der Waals surface area contributed by atoms with Gasteiger partial charge >= 0.3 is 6.03 Å². The monoisotopic (exact) mass is 408 g/mol. The van der Waals surface area contributed by atoms with Gasteiger partial charge in [-0.15, -0.1) is 0 Å². The third-order valence-corrected chi connectivity index (χ3v) is 5.67. The summed E-state index contributed by atoms with van der Waals surface area (Å²) in [6.07, 6.45) is 1.90. The van der Waals surface area contributed by atoms with Crippen molar-refractivity contribution < 1.29 is 9.18 Å². The molecule has 0 saturated carbocycles. The fourth-order valence-electron chi connectivity index (χ4n) is 3.61. The molecule has 0 unspecified atom stereocenters. The van der Waals surface area contributed by atoms with E-state index in [9.17, 15) is 9.18 Å². The van der Waals surface area contributed by atoms with Crippen molar-refractivity contribution in [1.82, 2.24) is 15.3 Å². The number of benzene rings is 2. The van der Waals surface area contributed by atoms with Crippen LogP contribution < -0.4 is 10.2 Å². The molecule has 1 aromatic heterocycles. The SMILES string of the molecule is CSc1nc(-c2ccc(F)cc2C)c2c(n1)N([C@H](C)c1ccccc1)C(=O)NC2. The first-order valence-electron chi connectivity index (χ1n) is 9.33. The number of thioether (sulfide) groups is 1. The molecular weight excluding hydrogens is 387 g/mol. The van der Waals surface area contributed by atoms with E-state index in [1.54, 1.807) is 11.0 Å². The molecule has 2 aromatic carbocycles. The first-order chi connectivity index (χ1) is 14.0. The smallest absolute Gasteiger partial charge is 0.323 e. The molecule has 29 heavy (non-hydrogen) atoms. The van der Waals surface area contributed by atoms with Crippen molar-refractivity contribution in [2.24, 2.45) is 0 Å². The molecule has 0 saturated heterocycles. The van der Waals surface area contributed by atoms with Gasteiger partial charge in [0.25, 0.3) is 0 Å². The average Bonchev–Trinajstić information content (AvgIpc) is 2.73. The van der Waals surface area contributed by atoms with Crippen LogP contribution in [0.15, 0.2) is 53.7 Å². The highest BCUT2D eigenvalue weighted by atomic mass is 32.2. The number of carbonyl (C=O) groups is 1. The van der Waals surface area contributed by atoms with Crippen molar-refractivity contribution in [2.45, 2.75) is 31.6 Å². The van der Waals surface area contributed by atoms with Crippen LogP contribution >= 0.6 is 11.8 Å². The van der Waals surface area contributed by atoms with E-state index in [2.05, 4.69) is 10.3 Å². The quantitative estimate of drug-likeness (QED) is 0.482. The number of amides is 2. The first kappa shape index (κ1) is 19.4. The lowest BCUT2D eigenvalue weighted by molar-refractivity contribution is 0.242. The van der Waals surface area contributed by atoms with E-state index in [1.807, 2.05) is 50.4 Å². The standard InChI is InChI=1S/C22H21FN4OS/c1-13-11-16(23)9-10-17(13)19-18-12-24-22(28)27(20(18)26-21(25-19)29-3)14(2)15-7-5-4-6-8-15/h4-11,14H,12H2,1-3H3,(H,24,28)/t14-/m1/s1. The minimum Gasteiger partial charge on any atom is -0.333 e. The van der Waals surface area contributed by atoms with Gasteiger partial charge in [0.1, 0.15) is 11.6 Å². The lowest BCUT2D eigenvalue weighted by atomic mass is 9.99. The van der Waals surface area contributed by atoms with Crippen molar-refractivity contribution in [1.29, 1.82) is 0 Å². The van der Waals surface area contributed by atoms with Crippen molar-refractivity contribution in [3.8, 4) is 11.3 Å². The van der Waals surface area contributed by atoms with Gasteiger partial charge in [0.15, 0.2) is 5.16 Å². The average molecular weight is 409 g/mol. The van der Waals surface area contributed by atoms with Crippen molar-refractivity contribution in [2.75, 3.05) is 11.2 Å². The van der Waals surface area contributed by atoms with Crippen LogP contribution in [-0.4, -0.2) is 22.3 Å². The number of aryl methyl sites for hydroxylation is 1. The summed E-state index contributed by atoms with van der Waals surface area (Å²) in [7, 11) is 0. The molecule has 3 aromatic rings. The number of carbonyl (C=O) groups excluding carboxylic acids is 1. The molecule has 0 aliphatic carbocycles. The van der Waals surface area contributed by atoms with Crippen molar-refractivity contribution >= 4 is 23.6 Å². The number of hydrogen-bond acceptors (Lipinski definition) is 4. The molecule has 1 N–H and O–H groups in total. The minimum atomic E-state index is -0.285. The normalized spacial score (nSPS) is 14.3. The molecule has 1 atom stereocenters. The largest absolute Gasteiger partial charge is 0.333 e. The Morgan fingerprint density at radius 3 is 2.62 bits per heavy atom. The lowest BCUT2D eigenvalue weighted by Gasteiger charge is -2.34. The zero-order valence-corrected chi connectivity index (χ0v) is 17.3. The minimum absolute atomic E-state index is 0.193. The van der Waals surface area contributed by atoms with Gasteiger partial charge in [-0.3, -0.25) is 4.90 Å². The van der Waals surface area contributed by atoms with Crippen LogP contribution in [0.25, 0.3) is 11.3 Å². The zero-order valence-electron chi connectivity index (χ0n) is 16.4. The Bertz CT molecular complexity index is 1070. The predicted octanol–water partition coefficient (Wildman–Crippen LogP) is 5.10. The number of nitrogens with zero attached hydrogens (tertiary/aromatic N) is 3. The summed E-state index contributed by atoms with van der Waals surface area (Å²) in [5.74, 6) is 0.315. The third-order valence-electron chi connectivity index (χ3n) is 5.12. The second kappa shape index (κ2) is 7.83. The Morgan fingerprint density at radius 1 is 1.17 bits per heavy atom. The second-order valence-corrected chi connectivity index (χ2v) is 7.71. The zero-order chi connectivity index (χ0) is 20.5. The van der Waals surface area contributed by atoms with E-state index in [-0.39, 0.29) is 17.9 Å². The Hall–Kier alpha value is -2.93. The Kier molecular flexibility index (Phi) is 5.24. The molecule has 5 nitrogen and oxygen atoms in total. The maximum absolute atomic E-state index is 13.7. The number of hydrogen-bond donors (Lipinski definition) is 1. The number of aromatic nitrogens is 2. The molecule has 148 valence electrons. The number of urea groups is 1. The maximum atomic E-state index is 13.7. The molecule has 0 radical (unpaired) electrons. The summed E-state index contributed by atoms with van der Waals surface area (Å²) in [6, 6.07) is 14.1. The molecule has 1 aliphatic rings. The second-order valence-electron chi connectivity index (χ2n) is 6.94.